The van der Waals surface area contributed by atoms with Crippen LogP contribution in [0, 0.1) is 0 Å². The Hall–Kier alpha value is -2.49. The molecule has 1 aliphatic rings. The van der Waals surface area contributed by atoms with Gasteiger partial charge in [-0.3, -0.25) is 0 Å². The van der Waals surface area contributed by atoms with E-state index in [1.807, 2.05) is 25.2 Å². The minimum absolute atomic E-state index is 0.125. The number of nitrogens with zero attached hydrogens (tertiary/aromatic N) is 2. The number of fused-ring (bicyclic) bond motifs is 1. The van der Waals surface area contributed by atoms with Gasteiger partial charge in [0.2, 0.25) is 0 Å². The molecule has 0 aromatic heterocycles. The minimum atomic E-state index is -0.125. The SMILES string of the molecule is CC[C@]1(/C=N/N(C)C)C[C@@H](c2ccccc2)Nc2ccc(OC)cc21. The fourth-order valence-corrected chi connectivity index (χ4v) is 3.56. The molecule has 25 heavy (non-hydrogen) atoms. The number of hydrogen-bond acceptors (Lipinski definition) is 4. The molecule has 1 N–H and O–H groups in total. The van der Waals surface area contributed by atoms with Crippen LogP contribution in [-0.4, -0.2) is 32.4 Å². The Kier molecular flexibility index (Phi) is 4.98. The first kappa shape index (κ1) is 17.3. The molecule has 4 nitrogen and oxygen atoms in total. The maximum absolute atomic E-state index is 5.47. The van der Waals surface area contributed by atoms with Crippen LogP contribution >= 0.6 is 0 Å². The van der Waals surface area contributed by atoms with Crippen molar-refractivity contribution < 1.29 is 4.74 Å². The number of methoxy groups -OCH3 is 1. The lowest BCUT2D eigenvalue weighted by Gasteiger charge is -2.41. The van der Waals surface area contributed by atoms with Gasteiger partial charge < -0.3 is 15.1 Å². The Morgan fingerprint density at radius 1 is 1.24 bits per heavy atom. The maximum atomic E-state index is 5.47. The van der Waals surface area contributed by atoms with Gasteiger partial charge in [-0.2, -0.15) is 5.10 Å². The summed E-state index contributed by atoms with van der Waals surface area (Å²) in [7, 11) is 5.64. The molecule has 0 aliphatic carbocycles. The van der Waals surface area contributed by atoms with Crippen LogP contribution in [-0.2, 0) is 5.41 Å². The van der Waals surface area contributed by atoms with Crippen molar-refractivity contribution in [3.05, 3.63) is 59.7 Å². The summed E-state index contributed by atoms with van der Waals surface area (Å²) < 4.78 is 5.47. The molecule has 2 atom stereocenters. The zero-order chi connectivity index (χ0) is 17.9. The van der Waals surface area contributed by atoms with Crippen LogP contribution in [0.15, 0.2) is 53.6 Å². The molecule has 0 unspecified atom stereocenters. The number of ether oxygens (including phenoxy) is 1. The molecule has 4 heteroatoms. The molecule has 1 aliphatic heterocycles. The predicted molar refractivity (Wildman–Crippen MR) is 105 cm³/mol. The molecule has 1 heterocycles. The highest BCUT2D eigenvalue weighted by Gasteiger charge is 2.39. The second-order valence-electron chi connectivity index (χ2n) is 6.82. The van der Waals surface area contributed by atoms with Crippen LogP contribution in [0.2, 0.25) is 0 Å². The van der Waals surface area contributed by atoms with Crippen LogP contribution in [0.25, 0.3) is 0 Å². The first-order valence-electron chi connectivity index (χ1n) is 8.80. The summed E-state index contributed by atoms with van der Waals surface area (Å²) in [4.78, 5) is 0. The Labute approximate surface area is 150 Å². The topological polar surface area (TPSA) is 36.9 Å². The van der Waals surface area contributed by atoms with Crippen molar-refractivity contribution in [2.24, 2.45) is 5.10 Å². The Bertz CT molecular complexity index is 742. The maximum Gasteiger partial charge on any atom is 0.119 e. The monoisotopic (exact) mass is 337 g/mol. The second kappa shape index (κ2) is 7.18. The van der Waals surface area contributed by atoms with Crippen molar-refractivity contribution in [3.8, 4) is 5.75 Å². The summed E-state index contributed by atoms with van der Waals surface area (Å²) in [6, 6.07) is 17.2. The van der Waals surface area contributed by atoms with E-state index in [0.717, 1.165) is 24.3 Å². The van der Waals surface area contributed by atoms with Gasteiger partial charge in [0.15, 0.2) is 0 Å². The molecule has 0 bridgehead atoms. The van der Waals surface area contributed by atoms with Gasteiger partial charge in [0, 0.05) is 31.4 Å². The van der Waals surface area contributed by atoms with Crippen molar-refractivity contribution in [2.75, 3.05) is 26.5 Å². The first-order valence-corrected chi connectivity index (χ1v) is 8.80. The smallest absolute Gasteiger partial charge is 0.119 e. The van der Waals surface area contributed by atoms with E-state index >= 15 is 0 Å². The van der Waals surface area contributed by atoms with Crippen LogP contribution in [0.4, 0.5) is 5.69 Å². The number of rotatable bonds is 5. The molecular weight excluding hydrogens is 310 g/mol. The van der Waals surface area contributed by atoms with Gasteiger partial charge in [-0.25, -0.2) is 0 Å². The van der Waals surface area contributed by atoms with Crippen LogP contribution in [0.5, 0.6) is 5.75 Å². The molecule has 2 aromatic carbocycles. The Morgan fingerprint density at radius 2 is 2.00 bits per heavy atom. The average Bonchev–Trinajstić information content (AvgIpc) is 2.66. The fraction of sp³-hybridized carbons (Fsp3) is 0.381. The Balaban J connectivity index is 2.10. The average molecular weight is 337 g/mol. The normalized spacial score (nSPS) is 22.3. The van der Waals surface area contributed by atoms with E-state index in [2.05, 4.69) is 66.0 Å². The zero-order valence-corrected chi connectivity index (χ0v) is 15.5. The number of hydrogen-bond donors (Lipinski definition) is 1. The molecule has 0 radical (unpaired) electrons. The van der Waals surface area contributed by atoms with Gasteiger partial charge in [0.25, 0.3) is 0 Å². The lowest BCUT2D eigenvalue weighted by atomic mass is 9.70. The largest absolute Gasteiger partial charge is 0.497 e. The molecular formula is C21H27N3O. The summed E-state index contributed by atoms with van der Waals surface area (Å²) in [5.41, 5.74) is 3.60. The fourth-order valence-electron chi connectivity index (χ4n) is 3.56. The van der Waals surface area contributed by atoms with Gasteiger partial charge in [-0.05, 0) is 42.2 Å². The zero-order valence-electron chi connectivity index (χ0n) is 15.5. The highest BCUT2D eigenvalue weighted by Crippen LogP contribution is 2.46. The first-order chi connectivity index (χ1) is 12.1. The molecule has 0 spiro atoms. The molecule has 0 fully saturated rings. The number of hydrazone groups is 1. The lowest BCUT2D eigenvalue weighted by molar-refractivity contribution is 0.403. The quantitative estimate of drug-likeness (QED) is 0.647. The van der Waals surface area contributed by atoms with Gasteiger partial charge >= 0.3 is 0 Å². The van der Waals surface area contributed by atoms with Gasteiger partial charge in [-0.1, -0.05) is 37.3 Å². The number of nitrogens with one attached hydrogen (secondary N) is 1. The van der Waals surface area contributed by atoms with E-state index in [1.165, 1.54) is 11.1 Å². The molecule has 3 rings (SSSR count). The van der Waals surface area contributed by atoms with Crippen molar-refractivity contribution >= 4 is 11.9 Å². The van der Waals surface area contributed by atoms with Gasteiger partial charge in [0.05, 0.1) is 13.2 Å². The third-order valence-electron chi connectivity index (χ3n) is 5.03. The Morgan fingerprint density at radius 3 is 2.64 bits per heavy atom. The molecule has 2 aromatic rings. The molecule has 0 saturated carbocycles. The van der Waals surface area contributed by atoms with Crippen molar-refractivity contribution in [3.63, 3.8) is 0 Å². The second-order valence-corrected chi connectivity index (χ2v) is 6.82. The minimum Gasteiger partial charge on any atom is -0.497 e. The summed E-state index contributed by atoms with van der Waals surface area (Å²) in [5, 5.41) is 10.2. The van der Waals surface area contributed by atoms with Gasteiger partial charge in [-0.15, -0.1) is 0 Å². The summed E-state index contributed by atoms with van der Waals surface area (Å²) in [5.74, 6) is 0.884. The lowest BCUT2D eigenvalue weighted by Crippen LogP contribution is -2.37. The van der Waals surface area contributed by atoms with E-state index < -0.39 is 0 Å². The summed E-state index contributed by atoms with van der Waals surface area (Å²) in [6.07, 6.45) is 4.06. The van der Waals surface area contributed by atoms with Crippen molar-refractivity contribution in [1.82, 2.24) is 5.01 Å². The third kappa shape index (κ3) is 3.48. The standard InChI is InChI=1S/C21H27N3O/c1-5-21(15-22-24(2)3)14-20(16-9-7-6-8-10-16)23-19-12-11-17(25-4)13-18(19)21/h6-13,15,20,23H,5,14H2,1-4H3/b22-15+/t20-,21+/m0/s1. The van der Waals surface area contributed by atoms with E-state index in [1.54, 1.807) is 7.11 Å². The predicted octanol–water partition coefficient (Wildman–Crippen LogP) is 4.45. The van der Waals surface area contributed by atoms with Crippen LogP contribution in [0.1, 0.15) is 36.9 Å². The summed E-state index contributed by atoms with van der Waals surface area (Å²) in [6.45, 7) is 2.23. The molecule has 0 saturated heterocycles. The van der Waals surface area contributed by atoms with Gasteiger partial charge in [0.1, 0.15) is 5.75 Å². The third-order valence-corrected chi connectivity index (χ3v) is 5.03. The van der Waals surface area contributed by atoms with Crippen molar-refractivity contribution in [2.45, 2.75) is 31.2 Å². The van der Waals surface area contributed by atoms with E-state index in [0.29, 0.717) is 0 Å². The van der Waals surface area contributed by atoms with E-state index in [4.69, 9.17) is 4.74 Å². The van der Waals surface area contributed by atoms with Crippen LogP contribution < -0.4 is 10.1 Å². The van der Waals surface area contributed by atoms with E-state index in [9.17, 15) is 0 Å². The number of anilines is 1. The molecule has 0 amide bonds. The highest BCUT2D eigenvalue weighted by molar-refractivity contribution is 5.80. The van der Waals surface area contributed by atoms with Crippen LogP contribution in [0.3, 0.4) is 0 Å². The molecule has 132 valence electrons. The van der Waals surface area contributed by atoms with E-state index in [-0.39, 0.29) is 11.5 Å². The number of benzene rings is 2. The summed E-state index contributed by atoms with van der Waals surface area (Å²) >= 11 is 0. The van der Waals surface area contributed by atoms with Crippen molar-refractivity contribution in [1.29, 1.82) is 0 Å². The highest BCUT2D eigenvalue weighted by atomic mass is 16.5.